The van der Waals surface area contributed by atoms with Crippen molar-refractivity contribution in [1.29, 1.82) is 0 Å². The molecule has 0 aliphatic heterocycles. The molecule has 278 valence electrons. The molecule has 0 aliphatic carbocycles. The molecule has 9 heteroatoms. The molecule has 0 bridgehead atoms. The summed E-state index contributed by atoms with van der Waals surface area (Å²) in [5.41, 5.74) is 4.75. The number of benzene rings is 4. The average molecular weight is 710 g/mol. The average Bonchev–Trinajstić information content (AvgIpc) is 3.10. The van der Waals surface area contributed by atoms with Crippen molar-refractivity contribution in [1.82, 2.24) is 16.0 Å². The fraction of sp³-hybridized carbons (Fsp3) is 0.419. The van der Waals surface area contributed by atoms with Crippen LogP contribution in [0.1, 0.15) is 102 Å². The number of ether oxygens (including phenoxy) is 3. The van der Waals surface area contributed by atoms with Crippen LogP contribution in [0.2, 0.25) is 0 Å². The van der Waals surface area contributed by atoms with E-state index in [4.69, 9.17) is 14.2 Å². The normalized spacial score (nSPS) is 11.9. The minimum absolute atomic E-state index is 0.00525. The van der Waals surface area contributed by atoms with Crippen LogP contribution in [-0.2, 0) is 13.2 Å². The van der Waals surface area contributed by atoms with Gasteiger partial charge in [0.1, 0.15) is 30.5 Å². The van der Waals surface area contributed by atoms with Gasteiger partial charge in [-0.1, -0.05) is 65.8 Å². The predicted molar refractivity (Wildman–Crippen MR) is 208 cm³/mol. The highest BCUT2D eigenvalue weighted by atomic mass is 16.5. The van der Waals surface area contributed by atoms with E-state index in [0.29, 0.717) is 52.9 Å². The molecular weight excluding hydrogens is 654 g/mol. The van der Waals surface area contributed by atoms with E-state index in [9.17, 15) is 14.4 Å². The summed E-state index contributed by atoms with van der Waals surface area (Å²) >= 11 is 0. The Hall–Kier alpha value is -5.05. The first-order valence-corrected chi connectivity index (χ1v) is 18.1. The molecular formula is C43H55N3O6. The summed E-state index contributed by atoms with van der Waals surface area (Å²) in [6, 6.07) is 18.8. The molecule has 0 spiro atoms. The van der Waals surface area contributed by atoms with Crippen LogP contribution in [0, 0.1) is 31.6 Å². The predicted octanol–water partition coefficient (Wildman–Crippen LogP) is 8.17. The standard InChI is InChI=1S/C43H55N3O6/c1-25(2)21-44-41(47)35-14-11-28(7)17-38(35)51-24-32-18-29(8)40(36(20-32)42(48)45-22-26(3)4)52-23-31-12-15-34-33(19-31)13-16-37(50-10)39(34)43(49)46-30(9)27(5)6/h11-20,25-27,30H,21-24H2,1-10H3,(H,44,47)(H,45,48)(H,46,49)/t30-/m1/s1. The summed E-state index contributed by atoms with van der Waals surface area (Å²) < 4.78 is 18.2. The van der Waals surface area contributed by atoms with Crippen molar-refractivity contribution in [3.63, 3.8) is 0 Å². The largest absolute Gasteiger partial charge is 0.496 e. The van der Waals surface area contributed by atoms with Crippen LogP contribution >= 0.6 is 0 Å². The lowest BCUT2D eigenvalue weighted by atomic mass is 9.99. The zero-order chi connectivity index (χ0) is 38.1. The van der Waals surface area contributed by atoms with E-state index in [1.54, 1.807) is 19.2 Å². The Balaban J connectivity index is 1.61. The van der Waals surface area contributed by atoms with E-state index in [1.807, 2.05) is 97.0 Å². The number of rotatable bonds is 16. The van der Waals surface area contributed by atoms with Crippen LogP contribution < -0.4 is 30.2 Å². The number of nitrogens with one attached hydrogen (secondary N) is 3. The molecule has 1 atom stereocenters. The fourth-order valence-electron chi connectivity index (χ4n) is 5.63. The first kappa shape index (κ1) is 39.7. The fourth-order valence-corrected chi connectivity index (χ4v) is 5.63. The van der Waals surface area contributed by atoms with Crippen LogP contribution in [0.5, 0.6) is 17.2 Å². The number of hydrogen-bond acceptors (Lipinski definition) is 6. The minimum Gasteiger partial charge on any atom is -0.496 e. The number of carbonyl (C=O) groups excluding carboxylic acids is 3. The van der Waals surface area contributed by atoms with Gasteiger partial charge in [-0.3, -0.25) is 14.4 Å². The highest BCUT2D eigenvalue weighted by molar-refractivity contribution is 6.09. The van der Waals surface area contributed by atoms with Crippen LogP contribution in [-0.4, -0.2) is 44.0 Å². The smallest absolute Gasteiger partial charge is 0.255 e. The number of methoxy groups -OCH3 is 1. The van der Waals surface area contributed by atoms with E-state index in [2.05, 4.69) is 29.8 Å². The zero-order valence-corrected chi connectivity index (χ0v) is 32.4. The molecule has 0 heterocycles. The quantitative estimate of drug-likeness (QED) is 0.108. The SMILES string of the molecule is COc1ccc2cc(COc3c(C)cc(COc4cc(C)ccc4C(=O)NCC(C)C)cc3C(=O)NCC(C)C)ccc2c1C(=O)N[C@H](C)C(C)C. The van der Waals surface area contributed by atoms with Gasteiger partial charge in [-0.15, -0.1) is 0 Å². The third-order valence-corrected chi connectivity index (χ3v) is 8.93. The lowest BCUT2D eigenvalue weighted by Crippen LogP contribution is -2.36. The number of carbonyl (C=O) groups is 3. The molecule has 0 unspecified atom stereocenters. The minimum atomic E-state index is -0.241. The molecule has 0 saturated carbocycles. The maximum absolute atomic E-state index is 13.6. The lowest BCUT2D eigenvalue weighted by molar-refractivity contribution is 0.0924. The van der Waals surface area contributed by atoms with E-state index in [1.165, 1.54) is 0 Å². The van der Waals surface area contributed by atoms with Gasteiger partial charge in [-0.05, 0) is 108 Å². The maximum Gasteiger partial charge on any atom is 0.255 e. The lowest BCUT2D eigenvalue weighted by Gasteiger charge is -2.20. The maximum atomic E-state index is 13.6. The molecule has 4 aromatic rings. The Kier molecular flexibility index (Phi) is 13.7. The van der Waals surface area contributed by atoms with Gasteiger partial charge >= 0.3 is 0 Å². The topological polar surface area (TPSA) is 115 Å². The Labute approximate surface area is 308 Å². The van der Waals surface area contributed by atoms with Gasteiger partial charge < -0.3 is 30.2 Å². The van der Waals surface area contributed by atoms with Crippen LogP contribution in [0.15, 0.2) is 60.7 Å². The second-order valence-corrected chi connectivity index (χ2v) is 14.8. The number of amides is 3. The Bertz CT molecular complexity index is 1900. The molecule has 9 nitrogen and oxygen atoms in total. The van der Waals surface area contributed by atoms with Gasteiger partial charge in [-0.2, -0.15) is 0 Å². The molecule has 4 aromatic carbocycles. The molecule has 0 radical (unpaired) electrons. The highest BCUT2D eigenvalue weighted by Gasteiger charge is 2.21. The Morgan fingerprint density at radius 3 is 1.94 bits per heavy atom. The van der Waals surface area contributed by atoms with Crippen LogP contribution in [0.25, 0.3) is 10.8 Å². The molecule has 3 amide bonds. The van der Waals surface area contributed by atoms with Crippen molar-refractivity contribution in [2.24, 2.45) is 17.8 Å². The number of aryl methyl sites for hydroxylation is 2. The summed E-state index contributed by atoms with van der Waals surface area (Å²) in [5.74, 6) is 1.72. The van der Waals surface area contributed by atoms with Gasteiger partial charge in [0, 0.05) is 19.1 Å². The van der Waals surface area contributed by atoms with Crippen molar-refractivity contribution in [2.75, 3.05) is 20.2 Å². The van der Waals surface area contributed by atoms with E-state index >= 15 is 0 Å². The van der Waals surface area contributed by atoms with E-state index in [-0.39, 0.29) is 48.8 Å². The summed E-state index contributed by atoms with van der Waals surface area (Å²) in [7, 11) is 1.56. The summed E-state index contributed by atoms with van der Waals surface area (Å²) in [6.07, 6.45) is 0. The molecule has 52 heavy (non-hydrogen) atoms. The van der Waals surface area contributed by atoms with Crippen molar-refractivity contribution in [2.45, 2.75) is 81.6 Å². The van der Waals surface area contributed by atoms with E-state index in [0.717, 1.165) is 33.0 Å². The van der Waals surface area contributed by atoms with Crippen molar-refractivity contribution >= 4 is 28.5 Å². The molecule has 3 N–H and O–H groups in total. The summed E-state index contributed by atoms with van der Waals surface area (Å²) in [5, 5.41) is 10.7. The first-order chi connectivity index (χ1) is 24.7. The number of hydrogen-bond donors (Lipinski definition) is 3. The third kappa shape index (κ3) is 10.3. The van der Waals surface area contributed by atoms with Gasteiger partial charge in [0.25, 0.3) is 17.7 Å². The first-order valence-electron chi connectivity index (χ1n) is 18.1. The Morgan fingerprint density at radius 1 is 0.654 bits per heavy atom. The zero-order valence-electron chi connectivity index (χ0n) is 32.4. The van der Waals surface area contributed by atoms with Gasteiger partial charge in [0.2, 0.25) is 0 Å². The van der Waals surface area contributed by atoms with E-state index < -0.39 is 0 Å². The molecule has 0 saturated heterocycles. The number of fused-ring (bicyclic) bond motifs is 1. The van der Waals surface area contributed by atoms with Crippen molar-refractivity contribution in [3.8, 4) is 17.2 Å². The van der Waals surface area contributed by atoms with Gasteiger partial charge in [0.15, 0.2) is 0 Å². The monoisotopic (exact) mass is 709 g/mol. The highest BCUT2D eigenvalue weighted by Crippen LogP contribution is 2.32. The van der Waals surface area contributed by atoms with Gasteiger partial charge in [0.05, 0.1) is 23.8 Å². The Morgan fingerprint density at radius 2 is 1.31 bits per heavy atom. The second kappa shape index (κ2) is 17.9. The van der Waals surface area contributed by atoms with Gasteiger partial charge in [-0.25, -0.2) is 0 Å². The van der Waals surface area contributed by atoms with Crippen molar-refractivity contribution < 1.29 is 28.6 Å². The summed E-state index contributed by atoms with van der Waals surface area (Å²) in [4.78, 5) is 39.9. The molecule has 0 fully saturated rings. The molecule has 0 aromatic heterocycles. The molecule has 0 aliphatic rings. The van der Waals surface area contributed by atoms with Crippen molar-refractivity contribution in [3.05, 3.63) is 99.6 Å². The van der Waals surface area contributed by atoms with Crippen LogP contribution in [0.4, 0.5) is 0 Å². The summed E-state index contributed by atoms with van der Waals surface area (Å²) in [6.45, 7) is 19.6. The third-order valence-electron chi connectivity index (χ3n) is 8.93. The molecule has 4 rings (SSSR count). The second-order valence-electron chi connectivity index (χ2n) is 14.8. The van der Waals surface area contributed by atoms with Crippen LogP contribution in [0.3, 0.4) is 0 Å².